The maximum Gasteiger partial charge on any atom is 0.305 e. The summed E-state index contributed by atoms with van der Waals surface area (Å²) in [5.74, 6) is -0.459. The molecule has 0 spiro atoms. The number of carbonyl (C=O) groups excluding carboxylic acids is 1. The molecule has 0 unspecified atom stereocenters. The molecule has 8 heteroatoms. The quantitative estimate of drug-likeness (QED) is 0.634. The van der Waals surface area contributed by atoms with Gasteiger partial charge in [-0.05, 0) is 38.4 Å². The molecule has 1 fully saturated rings. The van der Waals surface area contributed by atoms with Crippen molar-refractivity contribution in [3.8, 4) is 5.75 Å². The van der Waals surface area contributed by atoms with Gasteiger partial charge in [-0.3, -0.25) is 14.9 Å². The van der Waals surface area contributed by atoms with E-state index in [9.17, 15) is 19.3 Å². The van der Waals surface area contributed by atoms with Gasteiger partial charge in [-0.2, -0.15) is 4.39 Å². The minimum absolute atomic E-state index is 0.103. The molecular weight excluding hydrogens is 305 g/mol. The third-order valence-corrected chi connectivity index (χ3v) is 3.94. The Morgan fingerprint density at radius 3 is 2.74 bits per heavy atom. The summed E-state index contributed by atoms with van der Waals surface area (Å²) in [4.78, 5) is 23.5. The van der Waals surface area contributed by atoms with Gasteiger partial charge < -0.3 is 15.0 Å². The van der Waals surface area contributed by atoms with Crippen molar-refractivity contribution in [1.29, 1.82) is 0 Å². The first-order valence-corrected chi connectivity index (χ1v) is 7.50. The Labute approximate surface area is 133 Å². The van der Waals surface area contributed by atoms with Crippen LogP contribution in [0.2, 0.25) is 0 Å². The lowest BCUT2D eigenvalue weighted by Crippen LogP contribution is -2.42. The van der Waals surface area contributed by atoms with Gasteiger partial charge in [-0.15, -0.1) is 0 Å². The van der Waals surface area contributed by atoms with Gasteiger partial charge in [-0.25, -0.2) is 0 Å². The minimum atomic E-state index is -0.979. The largest absolute Gasteiger partial charge is 0.484 e. The van der Waals surface area contributed by atoms with E-state index in [1.54, 1.807) is 4.90 Å². The van der Waals surface area contributed by atoms with Gasteiger partial charge in [0.25, 0.3) is 5.91 Å². The fourth-order valence-electron chi connectivity index (χ4n) is 2.64. The van der Waals surface area contributed by atoms with E-state index in [0.29, 0.717) is 19.0 Å². The van der Waals surface area contributed by atoms with Crippen LogP contribution in [-0.4, -0.2) is 49.0 Å². The number of nitro groups is 1. The SMILES string of the molecule is CNCC1CCN(C(=O)COc2ccc([N+](=O)[O-])c(F)c2)CC1. The maximum atomic E-state index is 13.5. The van der Waals surface area contributed by atoms with Gasteiger partial charge in [0.05, 0.1) is 4.92 Å². The molecule has 0 aliphatic carbocycles. The summed E-state index contributed by atoms with van der Waals surface area (Å²) in [6, 6.07) is 3.23. The van der Waals surface area contributed by atoms with Crippen LogP contribution < -0.4 is 10.1 Å². The zero-order valence-corrected chi connectivity index (χ0v) is 13.0. The number of carbonyl (C=O) groups is 1. The molecule has 1 saturated heterocycles. The molecule has 0 bridgehead atoms. The molecule has 0 saturated carbocycles. The van der Waals surface area contributed by atoms with E-state index in [-0.39, 0.29) is 18.3 Å². The minimum Gasteiger partial charge on any atom is -0.484 e. The highest BCUT2D eigenvalue weighted by Crippen LogP contribution is 2.22. The lowest BCUT2D eigenvalue weighted by molar-refractivity contribution is -0.387. The standard InChI is InChI=1S/C15H20FN3O4/c1-17-9-11-4-6-18(7-5-11)15(20)10-23-12-2-3-14(19(21)22)13(16)8-12/h2-3,8,11,17H,4-7,9-10H2,1H3. The molecule has 1 N–H and O–H groups in total. The van der Waals surface area contributed by atoms with Crippen LogP contribution in [0.25, 0.3) is 0 Å². The van der Waals surface area contributed by atoms with E-state index in [1.807, 2.05) is 7.05 Å². The average molecular weight is 325 g/mol. The third kappa shape index (κ3) is 4.62. The number of rotatable bonds is 6. The van der Waals surface area contributed by atoms with Crippen molar-refractivity contribution >= 4 is 11.6 Å². The Kier molecular flexibility index (Phi) is 5.86. The van der Waals surface area contributed by atoms with Gasteiger partial charge in [-0.1, -0.05) is 0 Å². The lowest BCUT2D eigenvalue weighted by atomic mass is 9.97. The van der Waals surface area contributed by atoms with Gasteiger partial charge in [0.15, 0.2) is 6.61 Å². The molecule has 0 radical (unpaired) electrons. The van der Waals surface area contributed by atoms with Gasteiger partial charge >= 0.3 is 5.69 Å². The van der Waals surface area contributed by atoms with E-state index in [1.165, 1.54) is 6.07 Å². The van der Waals surface area contributed by atoms with Crippen LogP contribution in [0.5, 0.6) is 5.75 Å². The summed E-state index contributed by atoms with van der Waals surface area (Å²) in [6.07, 6.45) is 1.89. The molecule has 1 aliphatic heterocycles. The molecule has 1 aromatic rings. The molecule has 0 aromatic heterocycles. The first-order chi connectivity index (χ1) is 11.0. The van der Waals surface area contributed by atoms with Gasteiger partial charge in [0, 0.05) is 25.2 Å². The molecular formula is C15H20FN3O4. The predicted octanol–water partition coefficient (Wildman–Crippen LogP) is 1.57. The Balaban J connectivity index is 1.83. The van der Waals surface area contributed by atoms with Crippen molar-refractivity contribution in [3.63, 3.8) is 0 Å². The summed E-state index contributed by atoms with van der Waals surface area (Å²) in [5, 5.41) is 13.7. The van der Waals surface area contributed by atoms with Gasteiger partial charge in [0.2, 0.25) is 5.82 Å². The van der Waals surface area contributed by atoms with Crippen LogP contribution in [0, 0.1) is 21.8 Å². The normalized spacial score (nSPS) is 15.5. The second-order valence-corrected chi connectivity index (χ2v) is 5.54. The number of ether oxygens (including phenoxy) is 1. The van der Waals surface area contributed by atoms with E-state index in [4.69, 9.17) is 4.74 Å². The fraction of sp³-hybridized carbons (Fsp3) is 0.533. The lowest BCUT2D eigenvalue weighted by Gasteiger charge is -2.31. The fourth-order valence-corrected chi connectivity index (χ4v) is 2.64. The summed E-state index contributed by atoms with van der Waals surface area (Å²) in [6.45, 7) is 2.11. The highest BCUT2D eigenvalue weighted by Gasteiger charge is 2.23. The molecule has 1 heterocycles. The van der Waals surface area contributed by atoms with Crippen molar-refractivity contribution in [2.45, 2.75) is 12.8 Å². The van der Waals surface area contributed by atoms with E-state index < -0.39 is 16.4 Å². The molecule has 1 amide bonds. The Bertz CT molecular complexity index is 574. The highest BCUT2D eigenvalue weighted by atomic mass is 19.1. The van der Waals surface area contributed by atoms with Crippen LogP contribution in [0.4, 0.5) is 10.1 Å². The van der Waals surface area contributed by atoms with Crippen molar-refractivity contribution < 1.29 is 18.8 Å². The summed E-state index contributed by atoms with van der Waals surface area (Å²) >= 11 is 0. The second-order valence-electron chi connectivity index (χ2n) is 5.54. The number of amides is 1. The molecule has 23 heavy (non-hydrogen) atoms. The Morgan fingerprint density at radius 1 is 1.48 bits per heavy atom. The number of halogens is 1. The van der Waals surface area contributed by atoms with Crippen molar-refractivity contribution in [3.05, 3.63) is 34.1 Å². The van der Waals surface area contributed by atoms with E-state index in [0.717, 1.165) is 31.5 Å². The van der Waals surface area contributed by atoms with Crippen molar-refractivity contribution in [1.82, 2.24) is 10.2 Å². The van der Waals surface area contributed by atoms with E-state index in [2.05, 4.69) is 5.32 Å². The summed E-state index contributed by atoms with van der Waals surface area (Å²) in [5.41, 5.74) is -0.615. The predicted molar refractivity (Wildman–Crippen MR) is 81.8 cm³/mol. The molecule has 0 atom stereocenters. The molecule has 126 valence electrons. The third-order valence-electron chi connectivity index (χ3n) is 3.94. The number of hydrogen-bond acceptors (Lipinski definition) is 5. The maximum absolute atomic E-state index is 13.5. The number of nitrogens with zero attached hydrogens (tertiary/aromatic N) is 2. The second kappa shape index (κ2) is 7.87. The molecule has 1 aromatic carbocycles. The van der Waals surface area contributed by atoms with Crippen molar-refractivity contribution in [2.75, 3.05) is 33.3 Å². The number of nitro benzene ring substituents is 1. The Hall–Kier alpha value is -2.22. The van der Waals surface area contributed by atoms with Gasteiger partial charge in [0.1, 0.15) is 5.75 Å². The average Bonchev–Trinajstić information content (AvgIpc) is 2.53. The first kappa shape index (κ1) is 17.1. The van der Waals surface area contributed by atoms with Crippen LogP contribution in [0.1, 0.15) is 12.8 Å². The van der Waals surface area contributed by atoms with E-state index >= 15 is 0 Å². The topological polar surface area (TPSA) is 84.7 Å². The summed E-state index contributed by atoms with van der Waals surface area (Å²) in [7, 11) is 1.91. The van der Waals surface area contributed by atoms with Crippen LogP contribution in [0.3, 0.4) is 0 Å². The number of benzene rings is 1. The Morgan fingerprint density at radius 2 is 2.17 bits per heavy atom. The van der Waals surface area contributed by atoms with Crippen LogP contribution in [0.15, 0.2) is 18.2 Å². The number of likely N-dealkylation sites (tertiary alicyclic amines) is 1. The van der Waals surface area contributed by atoms with Crippen molar-refractivity contribution in [2.24, 2.45) is 5.92 Å². The molecule has 1 aliphatic rings. The number of nitrogens with one attached hydrogen (secondary N) is 1. The first-order valence-electron chi connectivity index (χ1n) is 7.50. The zero-order valence-electron chi connectivity index (χ0n) is 13.0. The number of piperidine rings is 1. The monoisotopic (exact) mass is 325 g/mol. The zero-order chi connectivity index (χ0) is 16.8. The molecule has 7 nitrogen and oxygen atoms in total. The van der Waals surface area contributed by atoms with Crippen LogP contribution >= 0.6 is 0 Å². The number of hydrogen-bond donors (Lipinski definition) is 1. The van der Waals surface area contributed by atoms with Crippen LogP contribution in [-0.2, 0) is 4.79 Å². The smallest absolute Gasteiger partial charge is 0.305 e. The molecule has 2 rings (SSSR count). The summed E-state index contributed by atoms with van der Waals surface area (Å²) < 4.78 is 18.7. The highest BCUT2D eigenvalue weighted by molar-refractivity contribution is 5.77.